The predicted molar refractivity (Wildman–Crippen MR) is 189 cm³/mol. The van der Waals surface area contributed by atoms with Gasteiger partial charge in [0, 0.05) is 13.0 Å². The molecule has 0 bridgehead atoms. The highest BCUT2D eigenvalue weighted by atomic mass is 16.7. The van der Waals surface area contributed by atoms with Gasteiger partial charge in [0.1, 0.15) is 36.9 Å². The summed E-state index contributed by atoms with van der Waals surface area (Å²) in [6.07, 6.45) is -1.23. The van der Waals surface area contributed by atoms with Gasteiger partial charge in [0.25, 0.3) is 5.96 Å². The molecule has 0 saturated heterocycles. The van der Waals surface area contributed by atoms with Crippen LogP contribution in [0, 0.1) is 16.0 Å². The van der Waals surface area contributed by atoms with Crippen molar-refractivity contribution in [1.82, 2.24) is 21.4 Å². The maximum atomic E-state index is 13.8. The molecule has 0 saturated carbocycles. The van der Waals surface area contributed by atoms with E-state index < -0.39 is 70.5 Å². The first-order valence-electron chi connectivity index (χ1n) is 16.8. The molecule has 0 aromatic heterocycles. The largest absolute Gasteiger partial charge is 0.461 e. The van der Waals surface area contributed by atoms with Crippen LogP contribution in [0.4, 0.5) is 4.79 Å². The summed E-state index contributed by atoms with van der Waals surface area (Å²) in [5.74, 6) is -3.87. The zero-order valence-corrected chi connectivity index (χ0v) is 30.1. The van der Waals surface area contributed by atoms with Gasteiger partial charge in [-0.3, -0.25) is 14.4 Å². The Hall–Kier alpha value is -5.74. The second-order valence-electron chi connectivity index (χ2n) is 13.0. The molecule has 0 spiro atoms. The average Bonchev–Trinajstić information content (AvgIpc) is 3.07. The van der Waals surface area contributed by atoms with Gasteiger partial charge in [-0.25, -0.2) is 24.7 Å². The van der Waals surface area contributed by atoms with Crippen LogP contribution in [-0.4, -0.2) is 71.1 Å². The number of hydrazine groups is 1. The van der Waals surface area contributed by atoms with E-state index >= 15 is 0 Å². The van der Waals surface area contributed by atoms with E-state index in [1.54, 1.807) is 94.6 Å². The Morgan fingerprint density at radius 3 is 1.92 bits per heavy atom. The van der Waals surface area contributed by atoms with Crippen LogP contribution in [0.25, 0.3) is 0 Å². The van der Waals surface area contributed by atoms with Gasteiger partial charge >= 0.3 is 18.0 Å². The predicted octanol–water partition coefficient (Wildman–Crippen LogP) is 2.65. The minimum absolute atomic E-state index is 0.00234. The third kappa shape index (κ3) is 17.3. The quantitative estimate of drug-likeness (QED) is 0.0267. The fourth-order valence-corrected chi connectivity index (χ4v) is 4.55. The van der Waals surface area contributed by atoms with Crippen molar-refractivity contribution in [3.05, 3.63) is 81.9 Å². The Morgan fingerprint density at radius 1 is 0.827 bits per heavy atom. The highest BCUT2D eigenvalue weighted by Crippen LogP contribution is 2.12. The molecule has 2 aromatic carbocycles. The molecule has 0 aliphatic heterocycles. The number of aliphatic imine (C=N–C) groups is 1. The lowest BCUT2D eigenvalue weighted by Gasteiger charge is -2.27. The van der Waals surface area contributed by atoms with E-state index in [-0.39, 0.29) is 45.4 Å². The van der Waals surface area contributed by atoms with Crippen molar-refractivity contribution >= 4 is 35.8 Å². The van der Waals surface area contributed by atoms with Gasteiger partial charge in [-0.15, -0.1) is 0 Å². The van der Waals surface area contributed by atoms with Gasteiger partial charge in [0.05, 0.1) is 0 Å². The SMILES string of the molecule is CC(C)[C@H](NC(=O)OC(C)(C)C)C(=O)N[C@@H](CCC(=O)OCc1ccccc1)C(=O)N[C@@H](CCCN=C(N)N[N+](=O)[O-])C(=O)OCc1ccccc1. The summed E-state index contributed by atoms with van der Waals surface area (Å²) in [5, 5.41) is 17.5. The fraction of sp³-hybridized carbons (Fsp3) is 0.486. The van der Waals surface area contributed by atoms with Crippen LogP contribution in [0.5, 0.6) is 0 Å². The summed E-state index contributed by atoms with van der Waals surface area (Å²) < 4.78 is 16.1. The monoisotopic (exact) mass is 727 g/mol. The van der Waals surface area contributed by atoms with E-state index in [1.165, 1.54) is 0 Å². The maximum absolute atomic E-state index is 13.8. The number of benzene rings is 2. The number of amides is 3. The molecular weight excluding hydrogens is 678 g/mol. The van der Waals surface area contributed by atoms with Gasteiger partial charge in [0.2, 0.25) is 11.8 Å². The van der Waals surface area contributed by atoms with Crippen molar-refractivity contribution in [3.63, 3.8) is 0 Å². The summed E-state index contributed by atoms with van der Waals surface area (Å²) in [4.78, 5) is 80.3. The Balaban J connectivity index is 2.26. The number of nitrogens with two attached hydrogens (primary N) is 1. The van der Waals surface area contributed by atoms with Crippen LogP contribution in [-0.2, 0) is 46.6 Å². The van der Waals surface area contributed by atoms with E-state index in [4.69, 9.17) is 19.9 Å². The third-order valence-electron chi connectivity index (χ3n) is 7.10. The molecule has 17 heteroatoms. The van der Waals surface area contributed by atoms with Crippen LogP contribution in [0.15, 0.2) is 65.7 Å². The molecule has 284 valence electrons. The lowest BCUT2D eigenvalue weighted by atomic mass is 10.0. The Labute approximate surface area is 302 Å². The third-order valence-corrected chi connectivity index (χ3v) is 7.10. The highest BCUT2D eigenvalue weighted by molar-refractivity contribution is 5.93. The molecule has 3 amide bonds. The Kier molecular flexibility index (Phi) is 17.5. The van der Waals surface area contributed by atoms with Gasteiger partial charge in [-0.05, 0) is 57.1 Å². The van der Waals surface area contributed by atoms with E-state index in [0.29, 0.717) is 5.56 Å². The molecule has 52 heavy (non-hydrogen) atoms. The number of rotatable bonds is 19. The van der Waals surface area contributed by atoms with E-state index in [9.17, 15) is 34.1 Å². The maximum Gasteiger partial charge on any atom is 0.408 e. The number of esters is 2. The average molecular weight is 728 g/mol. The lowest BCUT2D eigenvalue weighted by molar-refractivity contribution is -0.525. The van der Waals surface area contributed by atoms with Crippen LogP contribution >= 0.6 is 0 Å². The molecule has 3 atom stereocenters. The molecule has 0 fully saturated rings. The number of alkyl carbamates (subject to hydrolysis) is 1. The van der Waals surface area contributed by atoms with Gasteiger partial charge < -0.3 is 35.9 Å². The number of guanidine groups is 1. The number of hydrogen-bond donors (Lipinski definition) is 5. The fourth-order valence-electron chi connectivity index (χ4n) is 4.55. The molecule has 6 N–H and O–H groups in total. The van der Waals surface area contributed by atoms with E-state index in [1.807, 2.05) is 6.07 Å². The van der Waals surface area contributed by atoms with Crippen LogP contribution in [0.2, 0.25) is 0 Å². The standard InChI is InChI=1S/C35H49N7O10/c1-23(2)29(40-34(47)52-35(3,4)5)31(45)38-26(18-19-28(43)50-21-24-13-8-6-9-14-24)30(44)39-27(17-12-20-37-33(36)41-42(48)49)32(46)51-22-25-15-10-7-11-16-25/h6-11,13-16,23,26-27,29H,12,17-22H2,1-5H3,(H,38,45)(H,39,44)(H,40,47)(H3,36,37,41)/t26-,27-,29-/m0/s1. The van der Waals surface area contributed by atoms with Gasteiger partial charge in [0.15, 0.2) is 5.03 Å². The molecular formula is C35H49N7O10. The first kappa shape index (κ1) is 42.4. The number of carbonyl (C=O) groups is 5. The molecule has 0 aliphatic rings. The van der Waals surface area contributed by atoms with E-state index in [0.717, 1.165) is 5.56 Å². The van der Waals surface area contributed by atoms with Crippen molar-refractivity contribution in [1.29, 1.82) is 0 Å². The molecule has 2 rings (SSSR count). The number of carbonyl (C=O) groups excluding carboxylic acids is 5. The molecule has 0 heterocycles. The van der Waals surface area contributed by atoms with Crippen LogP contribution in [0.1, 0.15) is 71.4 Å². The molecule has 0 radical (unpaired) electrons. The summed E-state index contributed by atoms with van der Waals surface area (Å²) in [6, 6.07) is 14.1. The number of nitrogens with one attached hydrogen (secondary N) is 4. The summed E-state index contributed by atoms with van der Waals surface area (Å²) in [5.41, 5.74) is 7.80. The van der Waals surface area contributed by atoms with Gasteiger partial charge in [-0.1, -0.05) is 79.9 Å². The zero-order chi connectivity index (χ0) is 38.7. The zero-order valence-electron chi connectivity index (χ0n) is 30.1. The first-order chi connectivity index (χ1) is 24.5. The Bertz CT molecular complexity index is 1510. The second kappa shape index (κ2) is 21.5. The van der Waals surface area contributed by atoms with E-state index in [2.05, 4.69) is 20.9 Å². The number of nitro groups is 1. The van der Waals surface area contributed by atoms with Crippen molar-refractivity contribution in [2.75, 3.05) is 6.54 Å². The molecule has 0 aliphatic carbocycles. The lowest BCUT2D eigenvalue weighted by Crippen LogP contribution is -2.57. The number of hydrogen-bond acceptors (Lipinski definition) is 11. The van der Waals surface area contributed by atoms with Crippen LogP contribution in [0.3, 0.4) is 0 Å². The summed E-state index contributed by atoms with van der Waals surface area (Å²) in [7, 11) is 0. The number of nitrogens with zero attached hydrogens (tertiary/aromatic N) is 2. The topological polar surface area (TPSA) is 243 Å². The molecule has 17 nitrogen and oxygen atoms in total. The normalized spacial score (nSPS) is 13.2. The first-order valence-corrected chi connectivity index (χ1v) is 16.8. The summed E-state index contributed by atoms with van der Waals surface area (Å²) in [6.45, 7) is 8.24. The smallest absolute Gasteiger partial charge is 0.408 e. The molecule has 0 unspecified atom stereocenters. The van der Waals surface area contributed by atoms with Crippen molar-refractivity contribution in [3.8, 4) is 0 Å². The van der Waals surface area contributed by atoms with Gasteiger partial charge in [-0.2, -0.15) is 0 Å². The summed E-state index contributed by atoms with van der Waals surface area (Å²) >= 11 is 0. The minimum atomic E-state index is -1.36. The highest BCUT2D eigenvalue weighted by Gasteiger charge is 2.32. The Morgan fingerprint density at radius 2 is 1.38 bits per heavy atom. The molecule has 2 aromatic rings. The minimum Gasteiger partial charge on any atom is -0.461 e. The van der Waals surface area contributed by atoms with Crippen molar-refractivity contribution < 1.29 is 43.2 Å². The van der Waals surface area contributed by atoms with Crippen molar-refractivity contribution in [2.24, 2.45) is 16.6 Å². The van der Waals surface area contributed by atoms with Crippen molar-refractivity contribution in [2.45, 2.75) is 97.2 Å². The van der Waals surface area contributed by atoms with Crippen LogP contribution < -0.4 is 27.1 Å². The number of ether oxygens (including phenoxy) is 3. The second-order valence-corrected chi connectivity index (χ2v) is 13.0.